The highest BCUT2D eigenvalue weighted by atomic mass is 16.5. The number of carboxylic acids is 1. The zero-order valence-electron chi connectivity index (χ0n) is 20.7. The fourth-order valence-corrected chi connectivity index (χ4v) is 5.29. The van der Waals surface area contributed by atoms with Crippen molar-refractivity contribution in [1.82, 2.24) is 4.98 Å². The van der Waals surface area contributed by atoms with Crippen LogP contribution in [0, 0.1) is 12.5 Å². The Morgan fingerprint density at radius 1 is 1.22 bits per heavy atom. The first-order chi connectivity index (χ1) is 17.9. The summed E-state index contributed by atoms with van der Waals surface area (Å²) in [6, 6.07) is 15.4. The number of hydrogen-bond donors (Lipinski definition) is 2. The monoisotopic (exact) mass is 492 g/mol. The fourth-order valence-electron chi connectivity index (χ4n) is 5.29. The molecule has 1 aliphatic heterocycles. The van der Waals surface area contributed by atoms with Crippen molar-refractivity contribution in [3.05, 3.63) is 77.3 Å². The number of nitrogens with one attached hydrogen (secondary N) is 1. The molecule has 1 spiro atoms. The number of carboxylic acid groups (broad SMARTS) is 1. The number of anilines is 1. The molecule has 2 atom stereocenters. The number of aryl methyl sites for hydroxylation is 1. The van der Waals surface area contributed by atoms with Gasteiger partial charge in [0.05, 0.1) is 13.2 Å². The molecule has 0 bridgehead atoms. The molecule has 1 radical (unpaired) electrons. The molecule has 1 aromatic heterocycles. The maximum atomic E-state index is 13.5. The molecule has 2 aliphatic rings. The van der Waals surface area contributed by atoms with E-state index in [0.29, 0.717) is 30.8 Å². The van der Waals surface area contributed by atoms with Gasteiger partial charge in [0.25, 0.3) is 0 Å². The van der Waals surface area contributed by atoms with Gasteiger partial charge in [0.15, 0.2) is 13.0 Å². The summed E-state index contributed by atoms with van der Waals surface area (Å²) < 4.78 is 5.95. The quantitative estimate of drug-likeness (QED) is 0.349. The van der Waals surface area contributed by atoms with Gasteiger partial charge in [-0.05, 0) is 66.2 Å². The van der Waals surface area contributed by atoms with E-state index >= 15 is 0 Å². The van der Waals surface area contributed by atoms with Crippen LogP contribution in [0.15, 0.2) is 54.7 Å². The van der Waals surface area contributed by atoms with E-state index in [1.165, 1.54) is 0 Å². The average molecular weight is 492 g/mol. The highest BCUT2D eigenvalue weighted by Crippen LogP contribution is 2.61. The van der Waals surface area contributed by atoms with Crippen LogP contribution < -0.4 is 15.6 Å². The molecular formula is C29H27BN3O4. The van der Waals surface area contributed by atoms with Crippen molar-refractivity contribution in [1.29, 1.82) is 0 Å². The molecule has 1 fully saturated rings. The second kappa shape index (κ2) is 10.1. The SMILES string of the molecule is [C-]#[N+]c1ccc(CCCC(=O)O)c(NC(=O)[C@@H]2C[C@]23CCOc2ccc(-c4ccc([B]C)nc4)cc23)c1. The molecule has 1 amide bonds. The Morgan fingerprint density at radius 2 is 2.05 bits per heavy atom. The van der Waals surface area contributed by atoms with Crippen LogP contribution in [0.3, 0.4) is 0 Å². The largest absolute Gasteiger partial charge is 0.493 e. The molecular weight excluding hydrogens is 465 g/mol. The Morgan fingerprint density at radius 3 is 2.78 bits per heavy atom. The molecule has 2 N–H and O–H groups in total. The molecule has 5 rings (SSSR count). The lowest BCUT2D eigenvalue weighted by atomic mass is 9.77. The predicted molar refractivity (Wildman–Crippen MR) is 143 cm³/mol. The average Bonchev–Trinajstić information content (AvgIpc) is 3.64. The van der Waals surface area contributed by atoms with Crippen LogP contribution in [-0.4, -0.2) is 35.9 Å². The van der Waals surface area contributed by atoms with Crippen molar-refractivity contribution in [3.63, 3.8) is 0 Å². The smallest absolute Gasteiger partial charge is 0.303 e. The lowest BCUT2D eigenvalue weighted by Crippen LogP contribution is -2.27. The first kappa shape index (κ1) is 24.6. The Bertz CT molecular complexity index is 1400. The number of fused-ring (bicyclic) bond motifs is 2. The number of carbonyl (C=O) groups excluding carboxylic acids is 1. The van der Waals surface area contributed by atoms with E-state index in [9.17, 15) is 9.59 Å². The number of pyridine rings is 1. The van der Waals surface area contributed by atoms with E-state index in [1.807, 2.05) is 44.6 Å². The second-order valence-corrected chi connectivity index (χ2v) is 9.67. The Kier molecular flexibility index (Phi) is 6.71. The van der Waals surface area contributed by atoms with Crippen LogP contribution in [0.4, 0.5) is 11.4 Å². The van der Waals surface area contributed by atoms with Crippen LogP contribution in [0.25, 0.3) is 16.0 Å². The summed E-state index contributed by atoms with van der Waals surface area (Å²) in [6.45, 7) is 9.87. The highest BCUT2D eigenvalue weighted by Gasteiger charge is 2.61. The van der Waals surface area contributed by atoms with Crippen molar-refractivity contribution in [2.75, 3.05) is 11.9 Å². The van der Waals surface area contributed by atoms with Gasteiger partial charge in [0.2, 0.25) is 5.91 Å². The Hall–Kier alpha value is -4.12. The summed E-state index contributed by atoms with van der Waals surface area (Å²) in [7, 11) is 1.96. The van der Waals surface area contributed by atoms with Gasteiger partial charge in [-0.1, -0.05) is 37.2 Å². The minimum atomic E-state index is -0.851. The number of benzene rings is 2. The maximum Gasteiger partial charge on any atom is 0.303 e. The van der Waals surface area contributed by atoms with Gasteiger partial charge in [0, 0.05) is 35.2 Å². The number of hydrogen-bond acceptors (Lipinski definition) is 4. The second-order valence-electron chi connectivity index (χ2n) is 9.67. The normalized spacial score (nSPS) is 19.3. The van der Waals surface area contributed by atoms with Crippen LogP contribution in [0.1, 0.15) is 36.8 Å². The van der Waals surface area contributed by atoms with Crippen molar-refractivity contribution in [3.8, 4) is 16.9 Å². The molecule has 37 heavy (non-hydrogen) atoms. The van der Waals surface area contributed by atoms with E-state index in [4.69, 9.17) is 16.4 Å². The van der Waals surface area contributed by atoms with E-state index in [2.05, 4.69) is 21.2 Å². The topological polar surface area (TPSA) is 92.9 Å². The van der Waals surface area contributed by atoms with Crippen LogP contribution >= 0.6 is 0 Å². The molecule has 2 heterocycles. The molecule has 8 heteroatoms. The fraction of sp³-hybridized carbons (Fsp3) is 0.310. The first-order valence-electron chi connectivity index (χ1n) is 12.5. The number of carbonyl (C=O) groups is 2. The molecule has 1 saturated carbocycles. The number of aliphatic carboxylic acids is 1. The van der Waals surface area contributed by atoms with Gasteiger partial charge < -0.3 is 15.2 Å². The van der Waals surface area contributed by atoms with Crippen molar-refractivity contribution in [2.24, 2.45) is 5.92 Å². The number of aromatic nitrogens is 1. The lowest BCUT2D eigenvalue weighted by molar-refractivity contribution is -0.137. The van der Waals surface area contributed by atoms with Gasteiger partial charge >= 0.3 is 5.97 Å². The molecule has 3 aromatic rings. The zero-order chi connectivity index (χ0) is 26.0. The molecule has 185 valence electrons. The first-order valence-corrected chi connectivity index (χ1v) is 12.5. The molecule has 0 saturated heterocycles. The highest BCUT2D eigenvalue weighted by molar-refractivity contribution is 6.50. The molecule has 2 aromatic carbocycles. The van der Waals surface area contributed by atoms with E-state index in [0.717, 1.165) is 46.4 Å². The number of rotatable bonds is 8. The third-order valence-electron chi connectivity index (χ3n) is 7.45. The van der Waals surface area contributed by atoms with Gasteiger partial charge in [-0.25, -0.2) is 4.85 Å². The predicted octanol–water partition coefficient (Wildman–Crippen LogP) is 4.76. The molecule has 0 unspecified atom stereocenters. The van der Waals surface area contributed by atoms with Crippen LogP contribution in [0.2, 0.25) is 6.82 Å². The summed E-state index contributed by atoms with van der Waals surface area (Å²) >= 11 is 0. The van der Waals surface area contributed by atoms with E-state index in [1.54, 1.807) is 18.2 Å². The summed E-state index contributed by atoms with van der Waals surface area (Å²) in [4.78, 5) is 32.4. The van der Waals surface area contributed by atoms with Crippen LogP contribution in [-0.2, 0) is 21.4 Å². The van der Waals surface area contributed by atoms with E-state index < -0.39 is 5.97 Å². The van der Waals surface area contributed by atoms with Gasteiger partial charge in [0.1, 0.15) is 5.75 Å². The molecule has 1 aliphatic carbocycles. The standard InChI is InChI=1S/C29H27BN3O4/c1-30-26-11-8-20(17-32-26)19-7-10-25-22(14-19)29(12-13-37-25)16-23(29)28(36)33-24-15-21(31-2)9-6-18(24)4-3-5-27(34)35/h6-11,14-15,17,23H,3-5,12-13,16H2,1H3,(H,33,36)(H,34,35)/t23-,29-/m0/s1. The zero-order valence-corrected chi connectivity index (χ0v) is 20.7. The Balaban J connectivity index is 1.38. The minimum absolute atomic E-state index is 0.0533. The number of nitrogens with zero attached hydrogens (tertiary/aromatic N) is 2. The maximum absolute atomic E-state index is 13.5. The van der Waals surface area contributed by atoms with Crippen molar-refractivity contribution in [2.45, 2.75) is 44.3 Å². The Labute approximate surface area is 217 Å². The summed E-state index contributed by atoms with van der Waals surface area (Å²) in [6.07, 6.45) is 4.38. The number of amides is 1. The molecule has 7 nitrogen and oxygen atoms in total. The minimum Gasteiger partial charge on any atom is -0.493 e. The summed E-state index contributed by atoms with van der Waals surface area (Å²) in [5.74, 6) is -0.314. The summed E-state index contributed by atoms with van der Waals surface area (Å²) in [5.41, 5.74) is 5.61. The van der Waals surface area contributed by atoms with Gasteiger partial charge in [-0.2, -0.15) is 0 Å². The third kappa shape index (κ3) is 4.95. The number of ether oxygens (including phenoxy) is 1. The van der Waals surface area contributed by atoms with Crippen LogP contribution in [0.5, 0.6) is 5.75 Å². The third-order valence-corrected chi connectivity index (χ3v) is 7.45. The lowest BCUT2D eigenvalue weighted by Gasteiger charge is -2.27. The van der Waals surface area contributed by atoms with Gasteiger partial charge in [-0.15, -0.1) is 0 Å². The van der Waals surface area contributed by atoms with Crippen molar-refractivity contribution >= 4 is 36.1 Å². The van der Waals surface area contributed by atoms with Crippen molar-refractivity contribution < 1.29 is 19.4 Å². The van der Waals surface area contributed by atoms with E-state index in [-0.39, 0.29) is 23.7 Å². The van der Waals surface area contributed by atoms with Gasteiger partial charge in [-0.3, -0.25) is 14.6 Å². The summed E-state index contributed by atoms with van der Waals surface area (Å²) in [5, 5.41) is 12.0.